The maximum absolute atomic E-state index is 12.1. The number of thiazole rings is 1. The number of carbonyl (C=O) groups is 1. The first-order valence-corrected chi connectivity index (χ1v) is 10.0. The van der Waals surface area contributed by atoms with Gasteiger partial charge in [-0.3, -0.25) is 4.79 Å². The van der Waals surface area contributed by atoms with Gasteiger partial charge in [0.1, 0.15) is 20.9 Å². The molecule has 0 atom stereocenters. The van der Waals surface area contributed by atoms with E-state index in [9.17, 15) is 4.79 Å². The van der Waals surface area contributed by atoms with Gasteiger partial charge in [0, 0.05) is 13.0 Å². The van der Waals surface area contributed by atoms with Gasteiger partial charge in [0.05, 0.1) is 25.2 Å². The van der Waals surface area contributed by atoms with Crippen molar-refractivity contribution in [2.75, 3.05) is 23.9 Å². The van der Waals surface area contributed by atoms with Crippen LogP contribution in [0.3, 0.4) is 0 Å². The van der Waals surface area contributed by atoms with E-state index in [0.717, 1.165) is 30.1 Å². The van der Waals surface area contributed by atoms with Crippen LogP contribution in [-0.4, -0.2) is 34.5 Å². The van der Waals surface area contributed by atoms with E-state index in [-0.39, 0.29) is 5.91 Å². The van der Waals surface area contributed by atoms with Gasteiger partial charge in [-0.15, -0.1) is 11.3 Å². The molecule has 4 rings (SSSR count). The maximum atomic E-state index is 12.1. The summed E-state index contributed by atoms with van der Waals surface area (Å²) in [5.41, 5.74) is 1.50. The number of carbonyl (C=O) groups excluding carboxylic acids is 1. The Morgan fingerprint density at radius 1 is 1.18 bits per heavy atom. The zero-order valence-electron chi connectivity index (χ0n) is 15.2. The van der Waals surface area contributed by atoms with Gasteiger partial charge >= 0.3 is 0 Å². The third-order valence-corrected chi connectivity index (χ3v) is 5.54. The standard InChI is InChI=1S/C19H18ClN5O2S/c1-27-14-7-6-13(19-22-11-15(20)28-19)23-18(14)24-16-8-5-12(10-21-16)25-9-3-2-4-17(25)26/h5-8,10-11H,2-4,9H2,1H3,(H,21,23,24). The fourth-order valence-corrected chi connectivity index (χ4v) is 3.89. The van der Waals surface area contributed by atoms with Gasteiger partial charge in [0.2, 0.25) is 5.91 Å². The van der Waals surface area contributed by atoms with Crippen LogP contribution in [0.4, 0.5) is 17.3 Å². The van der Waals surface area contributed by atoms with E-state index in [1.807, 2.05) is 24.3 Å². The molecule has 4 heterocycles. The minimum Gasteiger partial charge on any atom is -0.493 e. The third-order valence-electron chi connectivity index (χ3n) is 4.40. The van der Waals surface area contributed by atoms with Crippen molar-refractivity contribution in [3.05, 3.63) is 41.0 Å². The second-order valence-electron chi connectivity index (χ2n) is 6.25. The summed E-state index contributed by atoms with van der Waals surface area (Å²) in [6, 6.07) is 7.36. The molecule has 1 aliphatic heterocycles. The summed E-state index contributed by atoms with van der Waals surface area (Å²) in [7, 11) is 1.58. The molecular formula is C19H18ClN5O2S. The SMILES string of the molecule is COc1ccc(-c2ncc(Cl)s2)nc1Nc1ccc(N2CCCCC2=O)cn1. The molecule has 0 aromatic carbocycles. The Labute approximate surface area is 171 Å². The maximum Gasteiger partial charge on any atom is 0.227 e. The lowest BCUT2D eigenvalue weighted by Crippen LogP contribution is -2.35. The molecule has 0 saturated carbocycles. The van der Waals surface area contributed by atoms with E-state index < -0.39 is 0 Å². The average Bonchev–Trinajstić information content (AvgIpc) is 3.15. The Morgan fingerprint density at radius 3 is 2.75 bits per heavy atom. The number of ether oxygens (including phenoxy) is 1. The van der Waals surface area contributed by atoms with Crippen molar-refractivity contribution in [2.24, 2.45) is 0 Å². The Balaban J connectivity index is 1.57. The Bertz CT molecular complexity index is 992. The third kappa shape index (κ3) is 3.93. The molecule has 1 fully saturated rings. The second-order valence-corrected chi connectivity index (χ2v) is 7.91. The molecule has 3 aromatic heterocycles. The van der Waals surface area contributed by atoms with Crippen molar-refractivity contribution in [1.29, 1.82) is 0 Å². The summed E-state index contributed by atoms with van der Waals surface area (Å²) >= 11 is 7.33. The molecule has 0 radical (unpaired) electrons. The van der Waals surface area contributed by atoms with Crippen LogP contribution in [0.2, 0.25) is 4.34 Å². The number of amides is 1. The van der Waals surface area contributed by atoms with Crippen molar-refractivity contribution < 1.29 is 9.53 Å². The number of piperidine rings is 1. The topological polar surface area (TPSA) is 80.2 Å². The molecule has 3 aromatic rings. The van der Waals surface area contributed by atoms with Crippen LogP contribution in [0.15, 0.2) is 36.7 Å². The second kappa shape index (κ2) is 8.12. The summed E-state index contributed by atoms with van der Waals surface area (Å²) in [4.78, 5) is 27.1. The molecule has 9 heteroatoms. The molecule has 7 nitrogen and oxygen atoms in total. The number of hydrogen-bond acceptors (Lipinski definition) is 7. The monoisotopic (exact) mass is 415 g/mol. The van der Waals surface area contributed by atoms with Crippen molar-refractivity contribution in [2.45, 2.75) is 19.3 Å². The van der Waals surface area contributed by atoms with Crippen LogP contribution < -0.4 is 15.0 Å². The number of methoxy groups -OCH3 is 1. The van der Waals surface area contributed by atoms with Crippen LogP contribution in [-0.2, 0) is 4.79 Å². The van der Waals surface area contributed by atoms with Crippen LogP contribution in [0.1, 0.15) is 19.3 Å². The summed E-state index contributed by atoms with van der Waals surface area (Å²) in [5, 5.41) is 3.90. The fourth-order valence-electron chi connectivity index (χ4n) is 3.01. The molecule has 1 aliphatic rings. The first-order valence-electron chi connectivity index (χ1n) is 8.84. The van der Waals surface area contributed by atoms with E-state index >= 15 is 0 Å². The number of halogens is 1. The first-order chi connectivity index (χ1) is 13.6. The van der Waals surface area contributed by atoms with E-state index in [4.69, 9.17) is 16.3 Å². The predicted octanol–water partition coefficient (Wildman–Crippen LogP) is 4.52. The minimum atomic E-state index is 0.145. The molecular weight excluding hydrogens is 398 g/mol. The van der Waals surface area contributed by atoms with Crippen molar-refractivity contribution >= 4 is 46.2 Å². The summed E-state index contributed by atoms with van der Waals surface area (Å²) in [6.45, 7) is 0.737. The van der Waals surface area contributed by atoms with Crippen LogP contribution in [0.5, 0.6) is 5.75 Å². The van der Waals surface area contributed by atoms with Gasteiger partial charge in [-0.05, 0) is 37.1 Å². The molecule has 0 spiro atoms. The van der Waals surface area contributed by atoms with Gasteiger partial charge in [0.25, 0.3) is 0 Å². The predicted molar refractivity (Wildman–Crippen MR) is 111 cm³/mol. The largest absolute Gasteiger partial charge is 0.493 e. The van der Waals surface area contributed by atoms with E-state index in [1.54, 1.807) is 24.4 Å². The minimum absolute atomic E-state index is 0.145. The fraction of sp³-hybridized carbons (Fsp3) is 0.263. The summed E-state index contributed by atoms with van der Waals surface area (Å²) in [6.07, 6.45) is 5.86. The van der Waals surface area contributed by atoms with Crippen LogP contribution in [0.25, 0.3) is 10.7 Å². The quantitative estimate of drug-likeness (QED) is 0.659. The van der Waals surface area contributed by atoms with E-state index in [0.29, 0.717) is 33.8 Å². The highest BCUT2D eigenvalue weighted by Crippen LogP contribution is 2.32. The van der Waals surface area contributed by atoms with Gasteiger partial charge in [0.15, 0.2) is 11.6 Å². The van der Waals surface area contributed by atoms with Gasteiger partial charge in [-0.1, -0.05) is 11.6 Å². The van der Waals surface area contributed by atoms with Gasteiger partial charge in [-0.2, -0.15) is 0 Å². The normalized spacial score (nSPS) is 14.2. The molecule has 0 bridgehead atoms. The number of rotatable bonds is 5. The van der Waals surface area contributed by atoms with E-state index in [2.05, 4.69) is 20.3 Å². The molecule has 0 unspecified atom stereocenters. The zero-order valence-corrected chi connectivity index (χ0v) is 16.8. The van der Waals surface area contributed by atoms with Gasteiger partial charge < -0.3 is 15.0 Å². The lowest BCUT2D eigenvalue weighted by atomic mass is 10.1. The lowest BCUT2D eigenvalue weighted by molar-refractivity contribution is -0.119. The number of hydrogen-bond donors (Lipinski definition) is 1. The number of pyridine rings is 2. The van der Waals surface area contributed by atoms with Crippen molar-refractivity contribution in [1.82, 2.24) is 15.0 Å². The van der Waals surface area contributed by atoms with Gasteiger partial charge in [-0.25, -0.2) is 15.0 Å². The molecule has 0 aliphatic carbocycles. The van der Waals surface area contributed by atoms with Crippen LogP contribution >= 0.6 is 22.9 Å². The Morgan fingerprint density at radius 2 is 2.07 bits per heavy atom. The average molecular weight is 416 g/mol. The molecule has 1 amide bonds. The van der Waals surface area contributed by atoms with Crippen molar-refractivity contribution in [3.63, 3.8) is 0 Å². The molecule has 1 N–H and O–H groups in total. The summed E-state index contributed by atoms with van der Waals surface area (Å²) in [5.74, 6) is 1.87. The van der Waals surface area contributed by atoms with Crippen molar-refractivity contribution in [3.8, 4) is 16.5 Å². The highest BCUT2D eigenvalue weighted by Gasteiger charge is 2.20. The lowest BCUT2D eigenvalue weighted by Gasteiger charge is -2.26. The Hall–Kier alpha value is -2.71. The molecule has 144 valence electrons. The number of aromatic nitrogens is 3. The van der Waals surface area contributed by atoms with Crippen LogP contribution in [0, 0.1) is 0 Å². The highest BCUT2D eigenvalue weighted by atomic mass is 35.5. The zero-order chi connectivity index (χ0) is 19.5. The first kappa shape index (κ1) is 18.6. The summed E-state index contributed by atoms with van der Waals surface area (Å²) < 4.78 is 6.00. The number of nitrogens with one attached hydrogen (secondary N) is 1. The Kier molecular flexibility index (Phi) is 5.40. The number of anilines is 3. The molecule has 1 saturated heterocycles. The molecule has 28 heavy (non-hydrogen) atoms. The smallest absolute Gasteiger partial charge is 0.227 e. The van der Waals surface area contributed by atoms with E-state index in [1.165, 1.54) is 11.3 Å². The highest BCUT2D eigenvalue weighted by molar-refractivity contribution is 7.18. The number of nitrogens with zero attached hydrogens (tertiary/aromatic N) is 4.